The van der Waals surface area contributed by atoms with E-state index in [2.05, 4.69) is 29.8 Å². The second kappa shape index (κ2) is 6.47. The van der Waals surface area contributed by atoms with Crippen molar-refractivity contribution in [3.05, 3.63) is 54.1 Å². The average Bonchev–Trinajstić information content (AvgIpc) is 2.42. The lowest BCUT2D eigenvalue weighted by atomic mass is 10.2. The lowest BCUT2D eigenvalue weighted by molar-refractivity contribution is 0.474. The van der Waals surface area contributed by atoms with Crippen molar-refractivity contribution in [3.63, 3.8) is 0 Å². The summed E-state index contributed by atoms with van der Waals surface area (Å²) in [6.45, 7) is 0.805. The van der Waals surface area contributed by atoms with Gasteiger partial charge in [-0.1, -0.05) is 18.2 Å². The number of benzene rings is 2. The van der Waals surface area contributed by atoms with Gasteiger partial charge in [-0.15, -0.1) is 11.8 Å². The van der Waals surface area contributed by atoms with Gasteiger partial charge in [0, 0.05) is 17.0 Å². The second-order valence-electron chi connectivity index (χ2n) is 3.92. The zero-order chi connectivity index (χ0) is 12.8. The summed E-state index contributed by atoms with van der Waals surface area (Å²) in [5.41, 5.74) is 1.16. The van der Waals surface area contributed by atoms with Crippen molar-refractivity contribution in [2.75, 3.05) is 13.3 Å². The predicted molar refractivity (Wildman–Crippen MR) is 77.5 cm³/mol. The van der Waals surface area contributed by atoms with Gasteiger partial charge in [0.2, 0.25) is 0 Å². The van der Waals surface area contributed by atoms with Gasteiger partial charge in [-0.3, -0.25) is 0 Å². The van der Waals surface area contributed by atoms with Crippen LogP contribution in [0.5, 0.6) is 11.5 Å². The third-order valence-electron chi connectivity index (χ3n) is 2.63. The Morgan fingerprint density at radius 1 is 1.06 bits per heavy atom. The molecule has 0 aromatic heterocycles. The maximum absolute atomic E-state index is 5.91. The number of nitrogens with one attached hydrogen (secondary N) is 1. The number of thioether (sulfide) groups is 1. The number of hydrogen-bond acceptors (Lipinski definition) is 3. The van der Waals surface area contributed by atoms with Crippen molar-refractivity contribution in [2.24, 2.45) is 0 Å². The summed E-state index contributed by atoms with van der Waals surface area (Å²) in [5.74, 6) is 1.78. The van der Waals surface area contributed by atoms with E-state index >= 15 is 0 Å². The molecule has 0 aliphatic carbocycles. The summed E-state index contributed by atoms with van der Waals surface area (Å²) in [5, 5.41) is 3.15. The maximum atomic E-state index is 5.91. The Hall–Kier alpha value is -1.45. The van der Waals surface area contributed by atoms with E-state index in [4.69, 9.17) is 4.74 Å². The molecule has 0 amide bonds. The van der Waals surface area contributed by atoms with E-state index in [-0.39, 0.29) is 0 Å². The minimum Gasteiger partial charge on any atom is -0.457 e. The molecule has 2 nitrogen and oxygen atoms in total. The quantitative estimate of drug-likeness (QED) is 0.822. The Morgan fingerprint density at radius 3 is 2.44 bits per heavy atom. The molecule has 0 bridgehead atoms. The number of hydrogen-bond donors (Lipinski definition) is 1. The van der Waals surface area contributed by atoms with Crippen molar-refractivity contribution in [3.8, 4) is 11.5 Å². The molecule has 2 rings (SSSR count). The van der Waals surface area contributed by atoms with Crippen LogP contribution < -0.4 is 10.1 Å². The molecule has 94 valence electrons. The molecule has 0 atom stereocenters. The highest BCUT2D eigenvalue weighted by Crippen LogP contribution is 2.26. The third-order valence-corrected chi connectivity index (χ3v) is 3.37. The van der Waals surface area contributed by atoms with Crippen LogP contribution in [0.3, 0.4) is 0 Å². The largest absolute Gasteiger partial charge is 0.457 e. The van der Waals surface area contributed by atoms with Crippen LogP contribution in [0.1, 0.15) is 5.56 Å². The molecule has 2 aromatic rings. The first-order chi connectivity index (χ1) is 8.83. The Morgan fingerprint density at radius 2 is 1.78 bits per heavy atom. The van der Waals surface area contributed by atoms with Gasteiger partial charge in [0.25, 0.3) is 0 Å². The highest BCUT2D eigenvalue weighted by molar-refractivity contribution is 7.98. The highest BCUT2D eigenvalue weighted by atomic mass is 32.2. The molecule has 0 aliphatic heterocycles. The maximum Gasteiger partial charge on any atom is 0.131 e. The zero-order valence-electron chi connectivity index (χ0n) is 10.6. The summed E-state index contributed by atoms with van der Waals surface area (Å²) in [6.07, 6.45) is 2.07. The second-order valence-corrected chi connectivity index (χ2v) is 4.80. The summed E-state index contributed by atoms with van der Waals surface area (Å²) in [4.78, 5) is 1.24. The SMILES string of the molecule is CNCc1ccccc1Oc1ccc(SC)cc1. The van der Waals surface area contributed by atoms with Crippen LogP contribution in [0, 0.1) is 0 Å². The Kier molecular flexibility index (Phi) is 4.67. The van der Waals surface area contributed by atoms with Crippen molar-refractivity contribution >= 4 is 11.8 Å². The normalized spacial score (nSPS) is 10.3. The molecule has 3 heteroatoms. The van der Waals surface area contributed by atoms with Gasteiger partial charge in [0.05, 0.1) is 0 Å². The van der Waals surface area contributed by atoms with Crippen LogP contribution in [0.2, 0.25) is 0 Å². The minimum atomic E-state index is 0.805. The van der Waals surface area contributed by atoms with Gasteiger partial charge in [0.15, 0.2) is 0 Å². The van der Waals surface area contributed by atoms with Crippen LogP contribution >= 0.6 is 11.8 Å². The lowest BCUT2D eigenvalue weighted by Crippen LogP contribution is -2.06. The molecule has 0 aliphatic rings. The summed E-state index contributed by atoms with van der Waals surface area (Å²) in [6, 6.07) is 16.2. The number of para-hydroxylation sites is 1. The fourth-order valence-electron chi connectivity index (χ4n) is 1.71. The van der Waals surface area contributed by atoms with Crippen LogP contribution in [-0.4, -0.2) is 13.3 Å². The third kappa shape index (κ3) is 3.28. The number of ether oxygens (including phenoxy) is 1. The van der Waals surface area contributed by atoms with E-state index in [1.807, 2.05) is 37.4 Å². The summed E-state index contributed by atoms with van der Waals surface area (Å²) >= 11 is 1.73. The molecule has 0 spiro atoms. The predicted octanol–water partition coefficient (Wildman–Crippen LogP) is 3.92. The fourth-order valence-corrected chi connectivity index (χ4v) is 2.12. The fraction of sp³-hybridized carbons (Fsp3) is 0.200. The van der Waals surface area contributed by atoms with Crippen LogP contribution in [0.4, 0.5) is 0 Å². The summed E-state index contributed by atoms with van der Waals surface area (Å²) in [7, 11) is 1.93. The molecule has 0 unspecified atom stereocenters. The van der Waals surface area contributed by atoms with E-state index in [9.17, 15) is 0 Å². The average molecular weight is 259 g/mol. The molecular weight excluding hydrogens is 242 g/mol. The van der Waals surface area contributed by atoms with Gasteiger partial charge in [-0.2, -0.15) is 0 Å². The van der Waals surface area contributed by atoms with Crippen molar-refractivity contribution < 1.29 is 4.74 Å². The van der Waals surface area contributed by atoms with Gasteiger partial charge < -0.3 is 10.1 Å². The highest BCUT2D eigenvalue weighted by Gasteiger charge is 2.03. The van der Waals surface area contributed by atoms with Gasteiger partial charge >= 0.3 is 0 Å². The molecule has 0 saturated carbocycles. The van der Waals surface area contributed by atoms with Crippen LogP contribution in [-0.2, 0) is 6.54 Å². The van der Waals surface area contributed by atoms with Gasteiger partial charge in [0.1, 0.15) is 11.5 Å². The van der Waals surface area contributed by atoms with Gasteiger partial charge in [-0.05, 0) is 43.6 Å². The van der Waals surface area contributed by atoms with Gasteiger partial charge in [-0.25, -0.2) is 0 Å². The first-order valence-electron chi connectivity index (χ1n) is 5.88. The molecule has 0 radical (unpaired) electrons. The van der Waals surface area contributed by atoms with E-state index < -0.39 is 0 Å². The Labute approximate surface area is 112 Å². The van der Waals surface area contributed by atoms with E-state index in [1.54, 1.807) is 11.8 Å². The molecular formula is C15H17NOS. The van der Waals surface area contributed by atoms with Crippen LogP contribution in [0.25, 0.3) is 0 Å². The first-order valence-corrected chi connectivity index (χ1v) is 7.10. The monoisotopic (exact) mass is 259 g/mol. The van der Waals surface area contributed by atoms with E-state index in [0.29, 0.717) is 0 Å². The summed E-state index contributed by atoms with van der Waals surface area (Å²) < 4.78 is 5.91. The van der Waals surface area contributed by atoms with Crippen LogP contribution in [0.15, 0.2) is 53.4 Å². The molecule has 1 N–H and O–H groups in total. The molecule has 0 heterocycles. The topological polar surface area (TPSA) is 21.3 Å². The molecule has 0 fully saturated rings. The minimum absolute atomic E-state index is 0.805. The standard InChI is InChI=1S/C15H17NOS/c1-16-11-12-5-3-4-6-15(12)17-13-7-9-14(18-2)10-8-13/h3-10,16H,11H2,1-2H3. The van der Waals surface area contributed by atoms with E-state index in [0.717, 1.165) is 23.6 Å². The zero-order valence-corrected chi connectivity index (χ0v) is 11.5. The first kappa shape index (κ1) is 13.0. The molecule has 2 aromatic carbocycles. The molecule has 0 saturated heterocycles. The smallest absolute Gasteiger partial charge is 0.131 e. The lowest BCUT2D eigenvalue weighted by Gasteiger charge is -2.11. The Balaban J connectivity index is 2.17. The van der Waals surface area contributed by atoms with Crippen molar-refractivity contribution in [1.82, 2.24) is 5.32 Å². The number of rotatable bonds is 5. The molecule has 18 heavy (non-hydrogen) atoms. The Bertz CT molecular complexity index is 496. The van der Waals surface area contributed by atoms with Crippen molar-refractivity contribution in [1.29, 1.82) is 0 Å². The van der Waals surface area contributed by atoms with E-state index in [1.165, 1.54) is 4.90 Å². The van der Waals surface area contributed by atoms with Crippen molar-refractivity contribution in [2.45, 2.75) is 11.4 Å².